The van der Waals surface area contributed by atoms with E-state index in [0.717, 1.165) is 38.3 Å². The van der Waals surface area contributed by atoms with Crippen LogP contribution in [0.2, 0.25) is 0 Å². The largest absolute Gasteiger partial charge is 0.342 e. The van der Waals surface area contributed by atoms with Crippen LogP contribution in [0.15, 0.2) is 64.1 Å². The van der Waals surface area contributed by atoms with Crippen LogP contribution in [-0.2, 0) is 22.7 Å². The second-order valence-electron chi connectivity index (χ2n) is 7.69. The molecule has 170 valence electrons. The van der Waals surface area contributed by atoms with Crippen LogP contribution in [0.25, 0.3) is 17.0 Å². The Bertz CT molecular complexity index is 1250. The Kier molecular flexibility index (Phi) is 7.05. The van der Waals surface area contributed by atoms with Crippen LogP contribution in [0.3, 0.4) is 0 Å². The highest BCUT2D eigenvalue weighted by Gasteiger charge is 2.35. The van der Waals surface area contributed by atoms with Gasteiger partial charge in [-0.2, -0.15) is 0 Å². The molecule has 0 saturated carbocycles. The molecule has 0 radical (unpaired) electrons. The summed E-state index contributed by atoms with van der Waals surface area (Å²) >= 11 is 4.46. The van der Waals surface area contributed by atoms with Crippen molar-refractivity contribution >= 4 is 61.7 Å². The maximum absolute atomic E-state index is 13.0. The SMILES string of the molecule is CCN(CC)C(=O)Cn1cc(/C=C2\SC(=O)N(Cc3ccccc3)C2=O)c2cc(Br)ccc21. The molecule has 4 rings (SSSR count). The van der Waals surface area contributed by atoms with Crippen molar-refractivity contribution in [2.24, 2.45) is 0 Å². The molecule has 2 aromatic carbocycles. The third-order valence-electron chi connectivity index (χ3n) is 5.64. The number of nitrogens with zero attached hydrogens (tertiary/aromatic N) is 3. The number of halogens is 1. The van der Waals surface area contributed by atoms with E-state index in [4.69, 9.17) is 0 Å². The number of thioether (sulfide) groups is 1. The Balaban J connectivity index is 1.66. The fourth-order valence-corrected chi connectivity index (χ4v) is 5.10. The number of likely N-dealkylation sites (N-methyl/N-ethyl adjacent to an activating group) is 1. The minimum Gasteiger partial charge on any atom is -0.342 e. The number of carbonyl (C=O) groups is 3. The second kappa shape index (κ2) is 9.97. The van der Waals surface area contributed by atoms with Gasteiger partial charge in [0.05, 0.1) is 11.4 Å². The normalized spacial score (nSPS) is 15.1. The van der Waals surface area contributed by atoms with Crippen molar-refractivity contribution in [1.29, 1.82) is 0 Å². The van der Waals surface area contributed by atoms with E-state index in [2.05, 4.69) is 15.9 Å². The molecule has 6 nitrogen and oxygen atoms in total. The Morgan fingerprint density at radius 3 is 2.52 bits per heavy atom. The molecule has 3 amide bonds. The van der Waals surface area contributed by atoms with Crippen LogP contribution in [0.4, 0.5) is 4.79 Å². The Morgan fingerprint density at radius 1 is 1.09 bits per heavy atom. The molecule has 0 bridgehead atoms. The van der Waals surface area contributed by atoms with Crippen LogP contribution >= 0.6 is 27.7 Å². The molecule has 1 aliphatic rings. The number of amides is 3. The summed E-state index contributed by atoms with van der Waals surface area (Å²) in [4.78, 5) is 41.7. The van der Waals surface area contributed by atoms with Crippen LogP contribution < -0.4 is 0 Å². The van der Waals surface area contributed by atoms with Crippen molar-refractivity contribution in [3.8, 4) is 0 Å². The lowest BCUT2D eigenvalue weighted by Gasteiger charge is -2.19. The zero-order valence-electron chi connectivity index (χ0n) is 18.5. The van der Waals surface area contributed by atoms with E-state index in [0.29, 0.717) is 18.0 Å². The molecule has 1 fully saturated rings. The average Bonchev–Trinajstić information content (AvgIpc) is 3.26. The third-order valence-corrected chi connectivity index (χ3v) is 7.04. The van der Waals surface area contributed by atoms with Crippen molar-refractivity contribution in [3.05, 3.63) is 75.2 Å². The van der Waals surface area contributed by atoms with Crippen molar-refractivity contribution in [2.45, 2.75) is 26.9 Å². The second-order valence-corrected chi connectivity index (χ2v) is 9.60. The Hall–Kier alpha value is -2.84. The van der Waals surface area contributed by atoms with Gasteiger partial charge in [-0.15, -0.1) is 0 Å². The van der Waals surface area contributed by atoms with E-state index >= 15 is 0 Å². The van der Waals surface area contributed by atoms with Crippen LogP contribution in [-0.4, -0.2) is 44.5 Å². The number of aromatic nitrogens is 1. The standard InChI is InChI=1S/C25H24BrN3O3S/c1-3-27(4-2)23(30)16-28-15-18(20-13-19(26)10-11-21(20)28)12-22-24(31)29(25(32)33-22)14-17-8-6-5-7-9-17/h5-13,15H,3-4,14,16H2,1-2H3/b22-12-. The molecule has 1 aromatic heterocycles. The van der Waals surface area contributed by atoms with Gasteiger partial charge in [0.1, 0.15) is 6.54 Å². The quantitative estimate of drug-likeness (QED) is 0.381. The fourth-order valence-electron chi connectivity index (χ4n) is 3.91. The molecular weight excluding hydrogens is 502 g/mol. The number of benzene rings is 2. The first-order chi connectivity index (χ1) is 15.9. The molecule has 1 aliphatic heterocycles. The first-order valence-electron chi connectivity index (χ1n) is 10.8. The molecule has 3 aromatic rings. The lowest BCUT2D eigenvalue weighted by Crippen LogP contribution is -2.33. The molecular formula is C25H24BrN3O3S. The average molecular weight is 526 g/mol. The van der Waals surface area contributed by atoms with E-state index in [9.17, 15) is 14.4 Å². The summed E-state index contributed by atoms with van der Waals surface area (Å²) in [6.07, 6.45) is 3.63. The predicted octanol–water partition coefficient (Wildman–Crippen LogP) is 5.51. The van der Waals surface area contributed by atoms with Gasteiger partial charge in [-0.1, -0.05) is 46.3 Å². The van der Waals surface area contributed by atoms with E-state index in [1.807, 2.05) is 73.1 Å². The minimum absolute atomic E-state index is 0.0366. The van der Waals surface area contributed by atoms with Crippen molar-refractivity contribution in [3.63, 3.8) is 0 Å². The number of hydrogen-bond donors (Lipinski definition) is 0. The predicted molar refractivity (Wildman–Crippen MR) is 136 cm³/mol. The zero-order chi connectivity index (χ0) is 23.5. The van der Waals surface area contributed by atoms with E-state index in [1.54, 1.807) is 11.0 Å². The van der Waals surface area contributed by atoms with Gasteiger partial charge in [-0.25, -0.2) is 0 Å². The number of fused-ring (bicyclic) bond motifs is 1. The van der Waals surface area contributed by atoms with Gasteiger partial charge in [-0.3, -0.25) is 19.3 Å². The van der Waals surface area contributed by atoms with E-state index < -0.39 is 0 Å². The lowest BCUT2D eigenvalue weighted by molar-refractivity contribution is -0.131. The summed E-state index contributed by atoms with van der Waals surface area (Å²) in [5.41, 5.74) is 2.59. The molecule has 8 heteroatoms. The summed E-state index contributed by atoms with van der Waals surface area (Å²) in [5.74, 6) is -0.265. The highest BCUT2D eigenvalue weighted by atomic mass is 79.9. The van der Waals surface area contributed by atoms with Crippen molar-refractivity contribution in [2.75, 3.05) is 13.1 Å². The Morgan fingerprint density at radius 2 is 1.82 bits per heavy atom. The van der Waals surface area contributed by atoms with Gasteiger partial charge in [0.2, 0.25) is 5.91 Å². The smallest absolute Gasteiger partial charge is 0.293 e. The molecule has 0 unspecified atom stereocenters. The van der Waals surface area contributed by atoms with Gasteiger partial charge in [0.25, 0.3) is 11.1 Å². The Labute approximate surface area is 205 Å². The minimum atomic E-state index is -0.302. The molecule has 1 saturated heterocycles. The first-order valence-corrected chi connectivity index (χ1v) is 12.4. The fraction of sp³-hybridized carbons (Fsp3) is 0.240. The van der Waals surface area contributed by atoms with Crippen molar-refractivity contribution in [1.82, 2.24) is 14.4 Å². The number of rotatable bonds is 7. The molecule has 33 heavy (non-hydrogen) atoms. The first kappa shape index (κ1) is 23.3. The summed E-state index contributed by atoms with van der Waals surface area (Å²) in [7, 11) is 0. The summed E-state index contributed by atoms with van der Waals surface area (Å²) < 4.78 is 2.80. The highest BCUT2D eigenvalue weighted by molar-refractivity contribution is 9.10. The maximum atomic E-state index is 13.0. The monoisotopic (exact) mass is 525 g/mol. The highest BCUT2D eigenvalue weighted by Crippen LogP contribution is 2.35. The summed E-state index contributed by atoms with van der Waals surface area (Å²) in [6.45, 7) is 5.69. The van der Waals surface area contributed by atoms with E-state index in [-0.39, 0.29) is 30.1 Å². The summed E-state index contributed by atoms with van der Waals surface area (Å²) in [5, 5.41) is 0.628. The molecule has 0 atom stereocenters. The molecule has 0 N–H and O–H groups in total. The third kappa shape index (κ3) is 4.91. The summed E-state index contributed by atoms with van der Waals surface area (Å²) in [6, 6.07) is 15.3. The van der Waals surface area contributed by atoms with Crippen LogP contribution in [0.5, 0.6) is 0 Å². The maximum Gasteiger partial charge on any atom is 0.293 e. The molecule has 0 spiro atoms. The molecule has 2 heterocycles. The van der Waals surface area contributed by atoms with Gasteiger partial charge in [0, 0.05) is 40.2 Å². The number of hydrogen-bond acceptors (Lipinski definition) is 4. The van der Waals surface area contributed by atoms with Crippen LogP contribution in [0.1, 0.15) is 25.0 Å². The van der Waals surface area contributed by atoms with Crippen molar-refractivity contribution < 1.29 is 14.4 Å². The van der Waals surface area contributed by atoms with Gasteiger partial charge in [0.15, 0.2) is 0 Å². The van der Waals surface area contributed by atoms with Gasteiger partial charge in [-0.05, 0) is 55.4 Å². The topological polar surface area (TPSA) is 62.6 Å². The van der Waals surface area contributed by atoms with Gasteiger partial charge < -0.3 is 9.47 Å². The van der Waals surface area contributed by atoms with Crippen LogP contribution in [0, 0.1) is 0 Å². The molecule has 0 aliphatic carbocycles. The number of carbonyl (C=O) groups excluding carboxylic acids is 3. The van der Waals surface area contributed by atoms with E-state index in [1.165, 1.54) is 4.90 Å². The number of imide groups is 1. The zero-order valence-corrected chi connectivity index (χ0v) is 20.9. The lowest BCUT2D eigenvalue weighted by atomic mass is 10.1. The van der Waals surface area contributed by atoms with Gasteiger partial charge >= 0.3 is 0 Å².